The van der Waals surface area contributed by atoms with Crippen LogP contribution in [0.2, 0.25) is 0 Å². The van der Waals surface area contributed by atoms with Crippen LogP contribution in [0.25, 0.3) is 0 Å². The van der Waals surface area contributed by atoms with Crippen LogP contribution in [-0.4, -0.2) is 34.9 Å². The molecule has 0 spiro atoms. The van der Waals surface area contributed by atoms with Gasteiger partial charge in [0.1, 0.15) is 5.60 Å². The molecular weight excluding hydrogens is 320 g/mol. The van der Waals surface area contributed by atoms with E-state index in [1.54, 1.807) is 0 Å². The first-order valence-electron chi connectivity index (χ1n) is 9.77. The Hall–Kier alpha value is -1.10. The van der Waals surface area contributed by atoms with Gasteiger partial charge >= 0.3 is 11.9 Å². The van der Waals surface area contributed by atoms with Crippen molar-refractivity contribution in [2.45, 2.75) is 89.8 Å². The molecular formula is C20H32O5. The van der Waals surface area contributed by atoms with E-state index in [2.05, 4.69) is 0 Å². The second-order valence-corrected chi connectivity index (χ2v) is 9.32. The Kier molecular flexibility index (Phi) is 4.91. The predicted octanol–water partition coefficient (Wildman–Crippen LogP) is 3.37. The molecule has 0 aromatic rings. The van der Waals surface area contributed by atoms with E-state index in [-0.39, 0.29) is 25.0 Å². The molecule has 5 heteroatoms. The zero-order chi connectivity index (χ0) is 18.3. The van der Waals surface area contributed by atoms with Gasteiger partial charge in [0, 0.05) is 12.8 Å². The molecule has 1 N–H and O–H groups in total. The van der Waals surface area contributed by atoms with Gasteiger partial charge in [0.15, 0.2) is 0 Å². The van der Waals surface area contributed by atoms with E-state index in [0.29, 0.717) is 24.7 Å². The number of hydrogen-bond donors (Lipinski definition) is 1. The predicted molar refractivity (Wildman–Crippen MR) is 92.7 cm³/mol. The molecule has 0 radical (unpaired) electrons. The minimum absolute atomic E-state index is 0.216. The van der Waals surface area contributed by atoms with Gasteiger partial charge in [-0.15, -0.1) is 0 Å². The Labute approximate surface area is 150 Å². The van der Waals surface area contributed by atoms with Crippen molar-refractivity contribution in [2.75, 3.05) is 6.61 Å². The van der Waals surface area contributed by atoms with Crippen molar-refractivity contribution in [3.05, 3.63) is 0 Å². The molecule has 2 unspecified atom stereocenters. The summed E-state index contributed by atoms with van der Waals surface area (Å²) in [6.45, 7) is 5.93. The second kappa shape index (κ2) is 6.57. The zero-order valence-corrected chi connectivity index (χ0v) is 15.8. The van der Waals surface area contributed by atoms with Crippen LogP contribution in [0, 0.1) is 17.3 Å². The molecule has 0 aromatic heterocycles. The fourth-order valence-electron chi connectivity index (χ4n) is 5.26. The van der Waals surface area contributed by atoms with Crippen molar-refractivity contribution in [3.8, 4) is 0 Å². The van der Waals surface area contributed by atoms with Crippen LogP contribution in [0.5, 0.6) is 0 Å². The maximum Gasteiger partial charge on any atom is 0.311 e. The standard InChI is InChI=1S/C20H32O5/c1-4-18(2,3)17(22)24-7-5-6-16(21)25-20-11-14-8-15(12-20)10-19(23,9-14)13-20/h14-15,23H,4-13H2,1-3H3. The molecule has 4 saturated carbocycles. The van der Waals surface area contributed by atoms with Gasteiger partial charge in [-0.1, -0.05) is 6.92 Å². The molecule has 4 aliphatic carbocycles. The average molecular weight is 352 g/mol. The van der Waals surface area contributed by atoms with E-state index in [1.165, 1.54) is 6.42 Å². The lowest BCUT2D eigenvalue weighted by atomic mass is 9.52. The summed E-state index contributed by atoms with van der Waals surface area (Å²) in [7, 11) is 0. The van der Waals surface area contributed by atoms with Gasteiger partial charge < -0.3 is 14.6 Å². The van der Waals surface area contributed by atoms with E-state index in [9.17, 15) is 14.7 Å². The number of esters is 2. The van der Waals surface area contributed by atoms with E-state index in [1.807, 2.05) is 20.8 Å². The van der Waals surface area contributed by atoms with Crippen LogP contribution in [0.3, 0.4) is 0 Å². The second-order valence-electron chi connectivity index (χ2n) is 9.32. The molecule has 4 rings (SSSR count). The number of ether oxygens (including phenoxy) is 2. The van der Waals surface area contributed by atoms with E-state index in [0.717, 1.165) is 32.1 Å². The first kappa shape index (κ1) is 18.7. The van der Waals surface area contributed by atoms with Crippen molar-refractivity contribution in [3.63, 3.8) is 0 Å². The molecule has 0 saturated heterocycles. The molecule has 4 fully saturated rings. The largest absolute Gasteiger partial charge is 0.465 e. The normalized spacial score (nSPS) is 36.3. The van der Waals surface area contributed by atoms with Gasteiger partial charge in [-0.05, 0) is 70.6 Å². The SMILES string of the molecule is CCC(C)(C)C(=O)OCCCC(=O)OC12CC3CC(CC(O)(C3)C1)C2. The third kappa shape index (κ3) is 4.02. The molecule has 4 aliphatic rings. The lowest BCUT2D eigenvalue weighted by molar-refractivity contribution is -0.220. The molecule has 5 nitrogen and oxygen atoms in total. The molecule has 0 heterocycles. The van der Waals surface area contributed by atoms with E-state index in [4.69, 9.17) is 9.47 Å². The summed E-state index contributed by atoms with van der Waals surface area (Å²) >= 11 is 0. The lowest BCUT2D eigenvalue weighted by Crippen LogP contribution is -2.60. The highest BCUT2D eigenvalue weighted by Gasteiger charge is 2.59. The highest BCUT2D eigenvalue weighted by molar-refractivity contribution is 5.75. The van der Waals surface area contributed by atoms with Crippen molar-refractivity contribution in [1.82, 2.24) is 0 Å². The van der Waals surface area contributed by atoms with Crippen molar-refractivity contribution >= 4 is 11.9 Å². The Balaban J connectivity index is 1.44. The fraction of sp³-hybridized carbons (Fsp3) is 0.900. The lowest BCUT2D eigenvalue weighted by Gasteiger charge is -2.59. The molecule has 142 valence electrons. The van der Waals surface area contributed by atoms with Gasteiger partial charge in [-0.2, -0.15) is 0 Å². The quantitative estimate of drug-likeness (QED) is 0.562. The van der Waals surface area contributed by atoms with Crippen molar-refractivity contribution in [2.24, 2.45) is 17.3 Å². The summed E-state index contributed by atoms with van der Waals surface area (Å²) in [6, 6.07) is 0. The van der Waals surface area contributed by atoms with E-state index >= 15 is 0 Å². The topological polar surface area (TPSA) is 72.8 Å². The molecule has 2 atom stereocenters. The highest BCUT2D eigenvalue weighted by Crippen LogP contribution is 2.58. The van der Waals surface area contributed by atoms with Crippen LogP contribution in [-0.2, 0) is 19.1 Å². The van der Waals surface area contributed by atoms with Crippen LogP contribution in [0.15, 0.2) is 0 Å². The highest BCUT2D eigenvalue weighted by atomic mass is 16.6. The summed E-state index contributed by atoms with van der Waals surface area (Å²) in [5, 5.41) is 10.7. The summed E-state index contributed by atoms with van der Waals surface area (Å²) in [5.41, 5.74) is -1.54. The fourth-order valence-corrected chi connectivity index (χ4v) is 5.26. The molecule has 0 aromatic carbocycles. The number of carbonyl (C=O) groups is 2. The summed E-state index contributed by atoms with van der Waals surface area (Å²) in [5.74, 6) is 0.551. The van der Waals surface area contributed by atoms with Gasteiger partial charge in [0.25, 0.3) is 0 Å². The zero-order valence-electron chi connectivity index (χ0n) is 15.8. The average Bonchev–Trinajstić information content (AvgIpc) is 2.48. The summed E-state index contributed by atoms with van der Waals surface area (Å²) in [4.78, 5) is 24.2. The molecule has 25 heavy (non-hydrogen) atoms. The monoisotopic (exact) mass is 352 g/mol. The van der Waals surface area contributed by atoms with Crippen LogP contribution < -0.4 is 0 Å². The minimum atomic E-state index is -0.619. The smallest absolute Gasteiger partial charge is 0.311 e. The number of hydrogen-bond acceptors (Lipinski definition) is 5. The third-order valence-corrected chi connectivity index (χ3v) is 6.50. The van der Waals surface area contributed by atoms with Gasteiger partial charge in [0.05, 0.1) is 17.6 Å². The summed E-state index contributed by atoms with van der Waals surface area (Å²) < 4.78 is 11.1. The summed E-state index contributed by atoms with van der Waals surface area (Å²) in [6.07, 6.45) is 6.77. The maximum absolute atomic E-state index is 12.3. The van der Waals surface area contributed by atoms with Gasteiger partial charge in [-0.3, -0.25) is 9.59 Å². The number of rotatable bonds is 7. The minimum Gasteiger partial charge on any atom is -0.465 e. The number of carbonyl (C=O) groups excluding carboxylic acids is 2. The first-order chi connectivity index (χ1) is 11.7. The maximum atomic E-state index is 12.3. The van der Waals surface area contributed by atoms with Crippen molar-refractivity contribution in [1.29, 1.82) is 0 Å². The first-order valence-corrected chi connectivity index (χ1v) is 9.77. The van der Waals surface area contributed by atoms with Crippen LogP contribution in [0.1, 0.15) is 78.6 Å². The Bertz CT molecular complexity index is 524. The Morgan fingerprint density at radius 1 is 1.16 bits per heavy atom. The van der Waals surface area contributed by atoms with Gasteiger partial charge in [-0.25, -0.2) is 0 Å². The molecule has 4 bridgehead atoms. The van der Waals surface area contributed by atoms with E-state index < -0.39 is 16.6 Å². The van der Waals surface area contributed by atoms with Crippen LogP contribution in [0.4, 0.5) is 0 Å². The Morgan fingerprint density at radius 3 is 2.36 bits per heavy atom. The molecule has 0 aliphatic heterocycles. The van der Waals surface area contributed by atoms with Crippen LogP contribution >= 0.6 is 0 Å². The van der Waals surface area contributed by atoms with Gasteiger partial charge in [0.2, 0.25) is 0 Å². The number of aliphatic hydroxyl groups is 1. The van der Waals surface area contributed by atoms with Crippen molar-refractivity contribution < 1.29 is 24.2 Å². The Morgan fingerprint density at radius 2 is 1.80 bits per heavy atom. The molecule has 0 amide bonds. The third-order valence-electron chi connectivity index (χ3n) is 6.50.